The smallest absolute Gasteiger partial charge is 0.147 e. The molecular weight excluding hydrogens is 124 g/mol. The summed E-state index contributed by atoms with van der Waals surface area (Å²) in [4.78, 5) is 11.3. The number of fused-ring (bicyclic) bond motifs is 2. The normalized spacial score (nSPS) is 37.8. The predicted octanol–water partition coefficient (Wildman–Crippen LogP) is 1.71. The molecule has 0 spiro atoms. The van der Waals surface area contributed by atoms with E-state index in [4.69, 9.17) is 0 Å². The highest BCUT2D eigenvalue weighted by atomic mass is 16.1. The van der Waals surface area contributed by atoms with Gasteiger partial charge in [-0.15, -0.1) is 0 Å². The summed E-state index contributed by atoms with van der Waals surface area (Å²) in [7, 11) is 0. The molecule has 0 aromatic carbocycles. The second-order valence-corrected chi connectivity index (χ2v) is 3.14. The molecule has 2 fully saturated rings. The van der Waals surface area contributed by atoms with Crippen LogP contribution in [0, 0.1) is 11.8 Å². The third-order valence-corrected chi connectivity index (χ3v) is 2.68. The minimum atomic E-state index is 0.150. The van der Waals surface area contributed by atoms with Crippen molar-refractivity contribution in [2.45, 2.75) is 12.8 Å². The summed E-state index contributed by atoms with van der Waals surface area (Å²) in [6, 6.07) is 0. The Bertz CT molecular complexity index is 213. The molecule has 2 rings (SSSR count). The molecule has 1 nitrogen and oxygen atoms in total. The van der Waals surface area contributed by atoms with Crippen LogP contribution in [0.2, 0.25) is 0 Å². The molecule has 10 heavy (non-hydrogen) atoms. The summed E-state index contributed by atoms with van der Waals surface area (Å²) in [5.74, 6) is 0.671. The molecule has 0 radical (unpaired) electrons. The Labute approximate surface area is 60.4 Å². The van der Waals surface area contributed by atoms with E-state index in [0.29, 0.717) is 5.78 Å². The molecule has 2 bridgehead atoms. The van der Waals surface area contributed by atoms with Crippen molar-refractivity contribution in [2.75, 3.05) is 0 Å². The lowest BCUT2D eigenvalue weighted by molar-refractivity contribution is -0.120. The van der Waals surface area contributed by atoms with Gasteiger partial charge in [0.1, 0.15) is 5.78 Å². The highest BCUT2D eigenvalue weighted by Gasteiger charge is 2.45. The van der Waals surface area contributed by atoms with Crippen LogP contribution < -0.4 is 0 Å². The fraction of sp³-hybridized carbons (Fsp3) is 0.444. The SMILES string of the molecule is C=C1C(=C)C2CCC1C2=O. The van der Waals surface area contributed by atoms with E-state index in [1.54, 1.807) is 0 Å². The van der Waals surface area contributed by atoms with Gasteiger partial charge in [0.15, 0.2) is 0 Å². The first-order chi connectivity index (χ1) is 4.72. The van der Waals surface area contributed by atoms with Gasteiger partial charge in [0.2, 0.25) is 0 Å². The first-order valence-corrected chi connectivity index (χ1v) is 3.63. The third-order valence-electron chi connectivity index (χ3n) is 2.68. The monoisotopic (exact) mass is 134 g/mol. The molecule has 0 heterocycles. The standard InChI is InChI=1S/C9H10O/c1-5-6(2)8-4-3-7(5)9(8)10/h7-8H,1-4H2. The maximum absolute atomic E-state index is 11.3. The lowest BCUT2D eigenvalue weighted by atomic mass is 9.92. The van der Waals surface area contributed by atoms with Gasteiger partial charge in [-0.2, -0.15) is 0 Å². The maximum atomic E-state index is 11.3. The molecule has 0 aromatic rings. The minimum absolute atomic E-state index is 0.150. The van der Waals surface area contributed by atoms with Gasteiger partial charge in [-0.05, 0) is 24.0 Å². The van der Waals surface area contributed by atoms with Crippen molar-refractivity contribution in [1.29, 1.82) is 0 Å². The molecule has 0 aromatic heterocycles. The van der Waals surface area contributed by atoms with Gasteiger partial charge in [-0.1, -0.05) is 13.2 Å². The van der Waals surface area contributed by atoms with Gasteiger partial charge in [-0.25, -0.2) is 0 Å². The quantitative estimate of drug-likeness (QED) is 0.493. The Morgan fingerprint density at radius 1 is 1.10 bits per heavy atom. The molecule has 2 saturated carbocycles. The van der Waals surface area contributed by atoms with Gasteiger partial charge in [0.05, 0.1) is 0 Å². The molecule has 2 atom stereocenters. The van der Waals surface area contributed by atoms with E-state index >= 15 is 0 Å². The van der Waals surface area contributed by atoms with Crippen LogP contribution in [0.25, 0.3) is 0 Å². The first kappa shape index (κ1) is 5.90. The molecule has 0 N–H and O–H groups in total. The third kappa shape index (κ3) is 0.464. The second kappa shape index (κ2) is 1.60. The van der Waals surface area contributed by atoms with Crippen molar-refractivity contribution in [2.24, 2.45) is 11.8 Å². The summed E-state index contributed by atoms with van der Waals surface area (Å²) in [6.07, 6.45) is 2.03. The summed E-state index contributed by atoms with van der Waals surface area (Å²) in [5.41, 5.74) is 2.00. The Morgan fingerprint density at radius 2 is 1.50 bits per heavy atom. The van der Waals surface area contributed by atoms with Gasteiger partial charge in [-0.3, -0.25) is 4.79 Å². The molecule has 2 aliphatic rings. The molecule has 0 amide bonds. The van der Waals surface area contributed by atoms with Gasteiger partial charge in [0, 0.05) is 11.8 Å². The fourth-order valence-electron chi connectivity index (χ4n) is 2.00. The van der Waals surface area contributed by atoms with Crippen molar-refractivity contribution >= 4 is 5.78 Å². The summed E-state index contributed by atoms with van der Waals surface area (Å²) >= 11 is 0. The van der Waals surface area contributed by atoms with E-state index < -0.39 is 0 Å². The zero-order chi connectivity index (χ0) is 7.30. The van der Waals surface area contributed by atoms with E-state index in [1.165, 1.54) is 0 Å². The van der Waals surface area contributed by atoms with Crippen molar-refractivity contribution < 1.29 is 4.79 Å². The number of rotatable bonds is 0. The lowest BCUT2D eigenvalue weighted by Crippen LogP contribution is -2.02. The van der Waals surface area contributed by atoms with Crippen LogP contribution in [0.1, 0.15) is 12.8 Å². The van der Waals surface area contributed by atoms with Crippen molar-refractivity contribution in [1.82, 2.24) is 0 Å². The van der Waals surface area contributed by atoms with Crippen LogP contribution in [0.5, 0.6) is 0 Å². The predicted molar refractivity (Wildman–Crippen MR) is 39.5 cm³/mol. The Kier molecular flexibility index (Phi) is 0.942. The van der Waals surface area contributed by atoms with E-state index in [0.717, 1.165) is 24.0 Å². The van der Waals surface area contributed by atoms with E-state index in [1.807, 2.05) is 0 Å². The topological polar surface area (TPSA) is 17.1 Å². The number of carbonyl (C=O) groups excluding carboxylic acids is 1. The van der Waals surface area contributed by atoms with Gasteiger partial charge in [0.25, 0.3) is 0 Å². The number of carbonyl (C=O) groups is 1. The number of allylic oxidation sites excluding steroid dienone is 2. The van der Waals surface area contributed by atoms with Crippen LogP contribution in [-0.4, -0.2) is 5.78 Å². The zero-order valence-corrected chi connectivity index (χ0v) is 5.89. The largest absolute Gasteiger partial charge is 0.298 e. The molecule has 2 unspecified atom stereocenters. The number of hydrogen-bond acceptors (Lipinski definition) is 1. The number of Topliss-reactive ketones (excluding diaryl/α,β-unsaturated/α-hetero) is 1. The molecule has 52 valence electrons. The minimum Gasteiger partial charge on any atom is -0.298 e. The Balaban J connectivity index is 2.47. The van der Waals surface area contributed by atoms with Crippen molar-refractivity contribution in [3.8, 4) is 0 Å². The summed E-state index contributed by atoms with van der Waals surface area (Å²) in [6.45, 7) is 7.70. The first-order valence-electron chi connectivity index (χ1n) is 3.63. The van der Waals surface area contributed by atoms with Gasteiger partial charge >= 0.3 is 0 Å². The van der Waals surface area contributed by atoms with Crippen LogP contribution >= 0.6 is 0 Å². The van der Waals surface area contributed by atoms with Crippen molar-refractivity contribution in [3.63, 3.8) is 0 Å². The van der Waals surface area contributed by atoms with Crippen LogP contribution in [0.3, 0.4) is 0 Å². The Hall–Kier alpha value is -0.850. The highest BCUT2D eigenvalue weighted by Crippen LogP contribution is 2.47. The Morgan fingerprint density at radius 3 is 1.70 bits per heavy atom. The molecule has 0 aliphatic heterocycles. The van der Waals surface area contributed by atoms with Gasteiger partial charge < -0.3 is 0 Å². The fourth-order valence-corrected chi connectivity index (χ4v) is 2.00. The van der Waals surface area contributed by atoms with Crippen LogP contribution in [-0.2, 0) is 4.79 Å². The summed E-state index contributed by atoms with van der Waals surface area (Å²) < 4.78 is 0. The average Bonchev–Trinajstić information content (AvgIpc) is 2.34. The second-order valence-electron chi connectivity index (χ2n) is 3.14. The molecule has 0 saturated heterocycles. The van der Waals surface area contributed by atoms with Crippen LogP contribution in [0.4, 0.5) is 0 Å². The maximum Gasteiger partial charge on any atom is 0.147 e. The van der Waals surface area contributed by atoms with E-state index in [2.05, 4.69) is 13.2 Å². The van der Waals surface area contributed by atoms with Crippen LogP contribution in [0.15, 0.2) is 24.3 Å². The molecule has 2 aliphatic carbocycles. The number of ketones is 1. The van der Waals surface area contributed by atoms with E-state index in [-0.39, 0.29) is 11.8 Å². The van der Waals surface area contributed by atoms with Crippen molar-refractivity contribution in [3.05, 3.63) is 24.3 Å². The summed E-state index contributed by atoms with van der Waals surface area (Å²) in [5, 5.41) is 0. The number of hydrogen-bond donors (Lipinski definition) is 0. The highest BCUT2D eigenvalue weighted by molar-refractivity contribution is 5.96. The average molecular weight is 134 g/mol. The molecule has 1 heteroatoms. The lowest BCUT2D eigenvalue weighted by Gasteiger charge is -2.11. The molecular formula is C9H10O. The van der Waals surface area contributed by atoms with E-state index in [9.17, 15) is 4.79 Å². The zero-order valence-electron chi connectivity index (χ0n) is 5.89.